The van der Waals surface area contributed by atoms with Crippen molar-refractivity contribution in [3.8, 4) is 0 Å². The van der Waals surface area contributed by atoms with Gasteiger partial charge in [-0.15, -0.1) is 0 Å². The summed E-state index contributed by atoms with van der Waals surface area (Å²) in [6, 6.07) is 7.47. The van der Waals surface area contributed by atoms with Crippen LogP contribution < -0.4 is 10.6 Å². The predicted molar refractivity (Wildman–Crippen MR) is 68.9 cm³/mol. The van der Waals surface area contributed by atoms with Gasteiger partial charge in [-0.1, -0.05) is 6.07 Å². The summed E-state index contributed by atoms with van der Waals surface area (Å²) in [5, 5.41) is 0. The summed E-state index contributed by atoms with van der Waals surface area (Å²) < 4.78 is 0. The lowest BCUT2D eigenvalue weighted by atomic mass is 10.2. The predicted octanol–water partition coefficient (Wildman–Crippen LogP) is 0.823. The van der Waals surface area contributed by atoms with E-state index in [1.165, 1.54) is 12.8 Å². The van der Waals surface area contributed by atoms with Crippen molar-refractivity contribution in [2.75, 3.05) is 25.0 Å². The van der Waals surface area contributed by atoms with Crippen molar-refractivity contribution in [3.05, 3.63) is 23.9 Å². The number of pyridine rings is 1. The Labute approximate surface area is 102 Å². The number of piperazine rings is 1. The van der Waals surface area contributed by atoms with Gasteiger partial charge < -0.3 is 15.5 Å². The van der Waals surface area contributed by atoms with E-state index in [1.54, 1.807) is 0 Å². The van der Waals surface area contributed by atoms with Gasteiger partial charge in [0, 0.05) is 31.7 Å². The van der Waals surface area contributed by atoms with E-state index in [-0.39, 0.29) is 0 Å². The minimum absolute atomic E-state index is 0.525. The lowest BCUT2D eigenvalue weighted by Gasteiger charge is -2.40. The van der Waals surface area contributed by atoms with Crippen molar-refractivity contribution in [1.82, 2.24) is 9.88 Å². The third-order valence-corrected chi connectivity index (χ3v) is 3.93. The molecule has 0 aromatic carbocycles. The van der Waals surface area contributed by atoms with Gasteiger partial charge in [0.2, 0.25) is 0 Å². The Kier molecular flexibility index (Phi) is 2.76. The molecule has 3 rings (SSSR count). The standard InChI is InChI=1S/C13H20N4/c1-16-8-11-5-6-12(9-16)17(11)13-4-2-3-10(7-14)15-13/h2-4,11-12H,5-9,14H2,1H3. The first kappa shape index (κ1) is 11.0. The highest BCUT2D eigenvalue weighted by atomic mass is 15.3. The van der Waals surface area contributed by atoms with Gasteiger partial charge in [0.1, 0.15) is 5.82 Å². The zero-order valence-corrected chi connectivity index (χ0v) is 10.3. The van der Waals surface area contributed by atoms with E-state index in [2.05, 4.69) is 34.0 Å². The molecule has 1 aromatic heterocycles. The molecule has 4 heteroatoms. The van der Waals surface area contributed by atoms with E-state index >= 15 is 0 Å². The van der Waals surface area contributed by atoms with E-state index in [4.69, 9.17) is 5.73 Å². The molecule has 2 unspecified atom stereocenters. The number of nitrogens with zero attached hydrogens (tertiary/aromatic N) is 3. The van der Waals surface area contributed by atoms with Crippen LogP contribution in [0.5, 0.6) is 0 Å². The van der Waals surface area contributed by atoms with Crippen LogP contribution in [0.25, 0.3) is 0 Å². The fourth-order valence-electron chi connectivity index (χ4n) is 3.21. The van der Waals surface area contributed by atoms with Crippen LogP contribution in [0, 0.1) is 0 Å². The molecule has 0 saturated carbocycles. The molecule has 0 spiro atoms. The summed E-state index contributed by atoms with van der Waals surface area (Å²) in [6.45, 7) is 2.84. The number of aromatic nitrogens is 1. The Morgan fingerprint density at radius 3 is 2.65 bits per heavy atom. The maximum atomic E-state index is 5.67. The van der Waals surface area contributed by atoms with Crippen molar-refractivity contribution >= 4 is 5.82 Å². The van der Waals surface area contributed by atoms with Crippen LogP contribution in [0.15, 0.2) is 18.2 Å². The first-order valence-electron chi connectivity index (χ1n) is 6.41. The van der Waals surface area contributed by atoms with E-state index in [0.717, 1.165) is 24.6 Å². The second kappa shape index (κ2) is 4.27. The quantitative estimate of drug-likeness (QED) is 0.820. The van der Waals surface area contributed by atoms with Gasteiger partial charge in [-0.05, 0) is 32.0 Å². The fraction of sp³-hybridized carbons (Fsp3) is 0.615. The number of anilines is 1. The minimum Gasteiger partial charge on any atom is -0.348 e. The number of nitrogens with two attached hydrogens (primary N) is 1. The number of hydrogen-bond donors (Lipinski definition) is 1. The number of fused-ring (bicyclic) bond motifs is 2. The third kappa shape index (κ3) is 1.91. The molecule has 2 aliphatic rings. The molecule has 3 heterocycles. The van der Waals surface area contributed by atoms with Crippen LogP contribution >= 0.6 is 0 Å². The van der Waals surface area contributed by atoms with Gasteiger partial charge in [-0.3, -0.25) is 0 Å². The molecule has 2 fully saturated rings. The summed E-state index contributed by atoms with van der Waals surface area (Å²) in [7, 11) is 2.21. The van der Waals surface area contributed by atoms with Gasteiger partial charge >= 0.3 is 0 Å². The smallest absolute Gasteiger partial charge is 0.129 e. The molecule has 4 nitrogen and oxygen atoms in total. The topological polar surface area (TPSA) is 45.4 Å². The Hall–Kier alpha value is -1.13. The highest BCUT2D eigenvalue weighted by molar-refractivity contribution is 5.44. The molecule has 0 aliphatic carbocycles. The maximum Gasteiger partial charge on any atom is 0.129 e. The first-order valence-corrected chi connectivity index (χ1v) is 6.41. The number of likely N-dealkylation sites (N-methyl/N-ethyl adjacent to an activating group) is 1. The summed E-state index contributed by atoms with van der Waals surface area (Å²) in [5.41, 5.74) is 6.65. The number of rotatable bonds is 2. The largest absolute Gasteiger partial charge is 0.348 e. The fourth-order valence-corrected chi connectivity index (χ4v) is 3.21. The first-order chi connectivity index (χ1) is 8.28. The molecule has 0 amide bonds. The van der Waals surface area contributed by atoms with Gasteiger partial charge in [0.15, 0.2) is 0 Å². The third-order valence-electron chi connectivity index (χ3n) is 3.93. The van der Waals surface area contributed by atoms with Crippen molar-refractivity contribution in [2.45, 2.75) is 31.5 Å². The highest BCUT2D eigenvalue weighted by Crippen LogP contribution is 2.33. The second-order valence-corrected chi connectivity index (χ2v) is 5.20. The molecule has 92 valence electrons. The van der Waals surface area contributed by atoms with Gasteiger partial charge in [0.25, 0.3) is 0 Å². The van der Waals surface area contributed by atoms with E-state index in [1.807, 2.05) is 6.07 Å². The van der Waals surface area contributed by atoms with Crippen molar-refractivity contribution in [1.29, 1.82) is 0 Å². The van der Waals surface area contributed by atoms with Crippen LogP contribution in [-0.4, -0.2) is 42.1 Å². The number of hydrogen-bond acceptors (Lipinski definition) is 4. The molecular weight excluding hydrogens is 212 g/mol. The molecule has 2 saturated heterocycles. The van der Waals surface area contributed by atoms with E-state index in [9.17, 15) is 0 Å². The Morgan fingerprint density at radius 1 is 1.29 bits per heavy atom. The SMILES string of the molecule is CN1CC2CCC(C1)N2c1cccc(CN)n1. The Bertz CT molecular complexity index is 392. The molecule has 2 atom stereocenters. The average molecular weight is 232 g/mol. The molecular formula is C13H20N4. The minimum atomic E-state index is 0.525. The van der Waals surface area contributed by atoms with Crippen LogP contribution in [0.4, 0.5) is 5.82 Å². The zero-order valence-electron chi connectivity index (χ0n) is 10.3. The van der Waals surface area contributed by atoms with Crippen LogP contribution in [-0.2, 0) is 6.54 Å². The van der Waals surface area contributed by atoms with Crippen LogP contribution in [0.3, 0.4) is 0 Å². The lowest BCUT2D eigenvalue weighted by molar-refractivity contribution is 0.263. The summed E-state index contributed by atoms with van der Waals surface area (Å²) in [4.78, 5) is 9.61. The van der Waals surface area contributed by atoms with E-state index in [0.29, 0.717) is 18.6 Å². The maximum absolute atomic E-state index is 5.67. The highest BCUT2D eigenvalue weighted by Gasteiger charge is 2.39. The molecule has 2 aliphatic heterocycles. The lowest BCUT2D eigenvalue weighted by Crippen LogP contribution is -2.52. The van der Waals surface area contributed by atoms with Gasteiger partial charge in [-0.2, -0.15) is 0 Å². The molecule has 2 bridgehead atoms. The average Bonchev–Trinajstić information content (AvgIpc) is 2.62. The van der Waals surface area contributed by atoms with Crippen molar-refractivity contribution in [3.63, 3.8) is 0 Å². The number of likely N-dealkylation sites (tertiary alicyclic amines) is 1. The Balaban J connectivity index is 1.89. The van der Waals surface area contributed by atoms with Gasteiger partial charge in [0.05, 0.1) is 5.69 Å². The summed E-state index contributed by atoms with van der Waals surface area (Å²) >= 11 is 0. The van der Waals surface area contributed by atoms with Gasteiger partial charge in [-0.25, -0.2) is 4.98 Å². The van der Waals surface area contributed by atoms with Crippen LogP contribution in [0.2, 0.25) is 0 Å². The molecule has 1 aromatic rings. The second-order valence-electron chi connectivity index (χ2n) is 5.20. The molecule has 17 heavy (non-hydrogen) atoms. The molecule has 2 N–H and O–H groups in total. The van der Waals surface area contributed by atoms with Crippen LogP contribution in [0.1, 0.15) is 18.5 Å². The normalized spacial score (nSPS) is 28.7. The van der Waals surface area contributed by atoms with E-state index < -0.39 is 0 Å². The monoisotopic (exact) mass is 232 g/mol. The zero-order chi connectivity index (χ0) is 11.8. The summed E-state index contributed by atoms with van der Waals surface area (Å²) in [6.07, 6.45) is 2.59. The Morgan fingerprint density at radius 2 is 2.00 bits per heavy atom. The van der Waals surface area contributed by atoms with Crippen molar-refractivity contribution < 1.29 is 0 Å². The molecule has 0 radical (unpaired) electrons. The van der Waals surface area contributed by atoms with Crippen molar-refractivity contribution in [2.24, 2.45) is 5.73 Å². The summed E-state index contributed by atoms with van der Waals surface area (Å²) in [5.74, 6) is 1.12.